The number of amides is 1. The van der Waals surface area contributed by atoms with Crippen LogP contribution in [0, 0.1) is 0 Å². The van der Waals surface area contributed by atoms with Crippen molar-refractivity contribution in [1.29, 1.82) is 0 Å². The molecule has 1 N–H and O–H groups in total. The van der Waals surface area contributed by atoms with E-state index in [4.69, 9.17) is 9.15 Å². The van der Waals surface area contributed by atoms with Crippen LogP contribution in [-0.4, -0.2) is 30.0 Å². The van der Waals surface area contributed by atoms with E-state index in [-0.39, 0.29) is 11.9 Å². The van der Waals surface area contributed by atoms with Crippen molar-refractivity contribution in [3.63, 3.8) is 0 Å². The third kappa shape index (κ3) is 3.71. The zero-order valence-corrected chi connectivity index (χ0v) is 14.4. The molecule has 5 nitrogen and oxygen atoms in total. The van der Waals surface area contributed by atoms with Crippen LogP contribution in [0.4, 0.5) is 0 Å². The molecule has 4 rings (SSSR count). The number of rotatable bonds is 5. The zero-order chi connectivity index (χ0) is 17.1. The molecule has 1 atom stereocenters. The summed E-state index contributed by atoms with van der Waals surface area (Å²) >= 11 is 0. The van der Waals surface area contributed by atoms with Gasteiger partial charge in [-0.3, -0.25) is 9.69 Å². The van der Waals surface area contributed by atoms with E-state index in [0.29, 0.717) is 6.54 Å². The fourth-order valence-corrected chi connectivity index (χ4v) is 3.76. The average molecular weight is 340 g/mol. The maximum Gasteiger partial charge on any atom is 0.237 e. The Morgan fingerprint density at radius 2 is 2.24 bits per heavy atom. The number of nitrogens with one attached hydrogen (secondary N) is 1. The second kappa shape index (κ2) is 7.31. The molecule has 25 heavy (non-hydrogen) atoms. The number of carbonyl (C=O) groups is 1. The lowest BCUT2D eigenvalue weighted by Crippen LogP contribution is -2.42. The minimum absolute atomic E-state index is 0.0535. The molecule has 1 saturated heterocycles. The zero-order valence-electron chi connectivity index (χ0n) is 14.4. The SMILES string of the molecule is O=C(NCc1ccco1)C1CCCN1Cc1ccc2c(c1)CCCO2. The van der Waals surface area contributed by atoms with Crippen LogP contribution >= 0.6 is 0 Å². The van der Waals surface area contributed by atoms with Crippen LogP contribution in [0.3, 0.4) is 0 Å². The number of aryl methyl sites for hydroxylation is 1. The molecule has 0 saturated carbocycles. The highest BCUT2D eigenvalue weighted by molar-refractivity contribution is 5.81. The topological polar surface area (TPSA) is 54.7 Å². The predicted octanol–water partition coefficient (Wildman–Crippen LogP) is 2.89. The van der Waals surface area contributed by atoms with Gasteiger partial charge in [-0.15, -0.1) is 0 Å². The number of benzene rings is 1. The summed E-state index contributed by atoms with van der Waals surface area (Å²) in [4.78, 5) is 14.8. The van der Waals surface area contributed by atoms with Gasteiger partial charge in [-0.1, -0.05) is 12.1 Å². The Morgan fingerprint density at radius 1 is 1.28 bits per heavy atom. The molecule has 1 fully saturated rings. The Hall–Kier alpha value is -2.27. The minimum Gasteiger partial charge on any atom is -0.493 e. The van der Waals surface area contributed by atoms with Crippen molar-refractivity contribution in [2.24, 2.45) is 0 Å². The molecule has 1 amide bonds. The van der Waals surface area contributed by atoms with E-state index in [9.17, 15) is 4.79 Å². The number of ether oxygens (including phenoxy) is 1. The number of hydrogen-bond donors (Lipinski definition) is 1. The summed E-state index contributed by atoms with van der Waals surface area (Å²) in [6, 6.07) is 10.1. The van der Waals surface area contributed by atoms with E-state index >= 15 is 0 Å². The van der Waals surface area contributed by atoms with E-state index in [2.05, 4.69) is 28.4 Å². The molecule has 0 aliphatic carbocycles. The summed E-state index contributed by atoms with van der Waals surface area (Å²) in [5.74, 6) is 1.90. The summed E-state index contributed by atoms with van der Waals surface area (Å²) in [6.45, 7) is 3.04. The van der Waals surface area contributed by atoms with E-state index in [1.807, 2.05) is 12.1 Å². The summed E-state index contributed by atoms with van der Waals surface area (Å²) in [6.07, 6.45) is 5.77. The van der Waals surface area contributed by atoms with Gasteiger partial charge in [0, 0.05) is 6.54 Å². The first-order valence-electron chi connectivity index (χ1n) is 9.08. The Kier molecular flexibility index (Phi) is 4.74. The van der Waals surface area contributed by atoms with Crippen LogP contribution in [0.5, 0.6) is 5.75 Å². The number of fused-ring (bicyclic) bond motifs is 1. The second-order valence-corrected chi connectivity index (χ2v) is 6.82. The van der Waals surface area contributed by atoms with Crippen molar-refractivity contribution in [2.75, 3.05) is 13.2 Å². The standard InChI is InChI=1S/C20H24N2O3/c23-20(21-13-17-5-3-10-24-17)18-6-1-9-22(18)14-15-7-8-19-16(12-15)4-2-11-25-19/h3,5,7-8,10,12,18H,1-2,4,6,9,11,13-14H2,(H,21,23). The van der Waals surface area contributed by atoms with E-state index in [1.54, 1.807) is 6.26 Å². The Bertz CT molecular complexity index is 727. The first-order chi connectivity index (χ1) is 12.3. The largest absolute Gasteiger partial charge is 0.493 e. The molecule has 2 aromatic rings. The Morgan fingerprint density at radius 3 is 3.12 bits per heavy atom. The highest BCUT2D eigenvalue weighted by atomic mass is 16.5. The highest BCUT2D eigenvalue weighted by Crippen LogP contribution is 2.27. The fraction of sp³-hybridized carbons (Fsp3) is 0.450. The van der Waals surface area contributed by atoms with Gasteiger partial charge >= 0.3 is 0 Å². The van der Waals surface area contributed by atoms with Gasteiger partial charge in [-0.05, 0) is 61.6 Å². The molecular weight excluding hydrogens is 316 g/mol. The van der Waals surface area contributed by atoms with Gasteiger partial charge in [0.05, 0.1) is 25.5 Å². The maximum atomic E-state index is 12.6. The van der Waals surface area contributed by atoms with Crippen molar-refractivity contribution in [3.8, 4) is 5.75 Å². The molecule has 2 aliphatic heterocycles. The number of nitrogens with zero attached hydrogens (tertiary/aromatic N) is 1. The third-order valence-corrected chi connectivity index (χ3v) is 5.04. The first kappa shape index (κ1) is 16.2. The van der Waals surface area contributed by atoms with Crippen molar-refractivity contribution in [2.45, 2.75) is 44.8 Å². The van der Waals surface area contributed by atoms with Gasteiger partial charge in [0.1, 0.15) is 11.5 Å². The maximum absolute atomic E-state index is 12.6. The lowest BCUT2D eigenvalue weighted by molar-refractivity contribution is -0.125. The molecule has 132 valence electrons. The average Bonchev–Trinajstić information content (AvgIpc) is 3.31. The Labute approximate surface area is 148 Å². The van der Waals surface area contributed by atoms with Gasteiger partial charge in [0.2, 0.25) is 5.91 Å². The van der Waals surface area contributed by atoms with Crippen LogP contribution < -0.4 is 10.1 Å². The van der Waals surface area contributed by atoms with Crippen LogP contribution in [0.15, 0.2) is 41.0 Å². The lowest BCUT2D eigenvalue weighted by atomic mass is 10.0. The van der Waals surface area contributed by atoms with Crippen molar-refractivity contribution < 1.29 is 13.9 Å². The van der Waals surface area contributed by atoms with Crippen LogP contribution in [0.25, 0.3) is 0 Å². The number of hydrogen-bond acceptors (Lipinski definition) is 4. The molecular formula is C20H24N2O3. The van der Waals surface area contributed by atoms with Crippen molar-refractivity contribution in [1.82, 2.24) is 10.2 Å². The van der Waals surface area contributed by atoms with Crippen LogP contribution in [0.2, 0.25) is 0 Å². The molecule has 0 spiro atoms. The van der Waals surface area contributed by atoms with Gasteiger partial charge in [0.25, 0.3) is 0 Å². The summed E-state index contributed by atoms with van der Waals surface area (Å²) in [5, 5.41) is 3.00. The fourth-order valence-electron chi connectivity index (χ4n) is 3.76. The molecule has 5 heteroatoms. The van der Waals surface area contributed by atoms with Crippen LogP contribution in [-0.2, 0) is 24.3 Å². The number of likely N-dealkylation sites (tertiary alicyclic amines) is 1. The lowest BCUT2D eigenvalue weighted by Gasteiger charge is -2.24. The van der Waals surface area contributed by atoms with Crippen LogP contribution in [0.1, 0.15) is 36.1 Å². The first-order valence-corrected chi connectivity index (χ1v) is 9.08. The number of carbonyl (C=O) groups excluding carboxylic acids is 1. The Balaban J connectivity index is 1.38. The monoisotopic (exact) mass is 340 g/mol. The smallest absolute Gasteiger partial charge is 0.237 e. The molecule has 0 radical (unpaired) electrons. The van der Waals surface area contributed by atoms with Crippen molar-refractivity contribution in [3.05, 3.63) is 53.5 Å². The summed E-state index contributed by atoms with van der Waals surface area (Å²) in [5.41, 5.74) is 2.55. The summed E-state index contributed by atoms with van der Waals surface area (Å²) in [7, 11) is 0. The van der Waals surface area contributed by atoms with E-state index in [0.717, 1.165) is 56.9 Å². The van der Waals surface area contributed by atoms with E-state index < -0.39 is 0 Å². The highest BCUT2D eigenvalue weighted by Gasteiger charge is 2.30. The van der Waals surface area contributed by atoms with Gasteiger partial charge in [-0.2, -0.15) is 0 Å². The predicted molar refractivity (Wildman–Crippen MR) is 94.2 cm³/mol. The third-order valence-electron chi connectivity index (χ3n) is 5.04. The molecule has 1 unspecified atom stereocenters. The summed E-state index contributed by atoms with van der Waals surface area (Å²) < 4.78 is 11.0. The van der Waals surface area contributed by atoms with Crippen molar-refractivity contribution >= 4 is 5.91 Å². The van der Waals surface area contributed by atoms with E-state index in [1.165, 1.54) is 11.1 Å². The molecule has 1 aromatic carbocycles. The quantitative estimate of drug-likeness (QED) is 0.909. The minimum atomic E-state index is -0.0535. The van der Waals surface area contributed by atoms with Gasteiger partial charge < -0.3 is 14.5 Å². The number of furan rings is 1. The van der Waals surface area contributed by atoms with Gasteiger partial charge in [0.15, 0.2) is 0 Å². The normalized spacial score (nSPS) is 20.1. The second-order valence-electron chi connectivity index (χ2n) is 6.82. The van der Waals surface area contributed by atoms with Gasteiger partial charge in [-0.25, -0.2) is 0 Å². The molecule has 2 aliphatic rings. The molecule has 1 aromatic heterocycles. The molecule has 3 heterocycles. The molecule has 0 bridgehead atoms.